The van der Waals surface area contributed by atoms with Gasteiger partial charge in [-0.25, -0.2) is 18.9 Å². The number of ether oxygens (including phenoxy) is 2. The Balaban J connectivity index is 1.24. The number of amides is 5. The molecule has 2 fully saturated rings. The van der Waals surface area contributed by atoms with Crippen LogP contribution in [0.1, 0.15) is 42.4 Å². The van der Waals surface area contributed by atoms with Crippen LogP contribution in [0.25, 0.3) is 0 Å². The fraction of sp³-hybridized carbons (Fsp3) is 0.429. The smallest absolute Gasteiger partial charge is 0.418 e. The number of nitrogens with zero attached hydrogens (tertiary/aromatic N) is 2. The number of anilines is 1. The quantitative estimate of drug-likeness (QED) is 0.620. The Bertz CT molecular complexity index is 1380. The van der Waals surface area contributed by atoms with Gasteiger partial charge >= 0.3 is 12.1 Å². The van der Waals surface area contributed by atoms with Crippen molar-refractivity contribution in [2.24, 2.45) is 5.92 Å². The highest BCUT2D eigenvalue weighted by Gasteiger charge is 2.58. The molecule has 1 spiro atoms. The average Bonchev–Trinajstić information content (AvgIpc) is 3.75. The lowest BCUT2D eigenvalue weighted by Crippen LogP contribution is -2.48. The van der Waals surface area contributed by atoms with E-state index in [1.54, 1.807) is 29.2 Å². The third kappa shape index (κ3) is 4.45. The van der Waals surface area contributed by atoms with Gasteiger partial charge < -0.3 is 25.0 Å². The average molecular weight is 537 g/mol. The number of rotatable bonds is 4. The molecule has 0 aromatic heterocycles. The molecule has 0 unspecified atom stereocenters. The molecule has 204 valence electrons. The number of carbonyl (C=O) groups excluding carboxylic acids is 4. The summed E-state index contributed by atoms with van der Waals surface area (Å²) in [5.74, 6) is -0.586. The fourth-order valence-electron chi connectivity index (χ4n) is 5.91. The summed E-state index contributed by atoms with van der Waals surface area (Å²) in [6, 6.07) is 8.92. The second kappa shape index (κ2) is 9.55. The highest BCUT2D eigenvalue weighted by atomic mass is 19.1. The Labute approximate surface area is 224 Å². The summed E-state index contributed by atoms with van der Waals surface area (Å²) in [4.78, 5) is 54.8. The van der Waals surface area contributed by atoms with E-state index in [0.29, 0.717) is 42.3 Å². The van der Waals surface area contributed by atoms with Gasteiger partial charge in [-0.05, 0) is 67.0 Å². The Morgan fingerprint density at radius 3 is 2.69 bits per heavy atom. The highest BCUT2D eigenvalue weighted by Crippen LogP contribution is 2.46. The second-order valence-electron chi connectivity index (χ2n) is 10.5. The van der Waals surface area contributed by atoms with Gasteiger partial charge in [-0.1, -0.05) is 6.07 Å². The second-order valence-corrected chi connectivity index (χ2v) is 10.5. The van der Waals surface area contributed by atoms with Crippen LogP contribution in [0, 0.1) is 11.7 Å². The first-order valence-corrected chi connectivity index (χ1v) is 13.2. The molecule has 6 rings (SSSR count). The first-order chi connectivity index (χ1) is 18.8. The Morgan fingerprint density at radius 2 is 1.92 bits per heavy atom. The van der Waals surface area contributed by atoms with E-state index >= 15 is 0 Å². The predicted molar refractivity (Wildman–Crippen MR) is 136 cm³/mol. The number of hydrogen-bond donors (Lipinski definition) is 2. The van der Waals surface area contributed by atoms with Crippen molar-refractivity contribution < 1.29 is 33.0 Å². The van der Waals surface area contributed by atoms with Crippen LogP contribution in [0.2, 0.25) is 0 Å². The molecule has 5 amide bonds. The molecule has 1 aliphatic carbocycles. The van der Waals surface area contributed by atoms with Crippen molar-refractivity contribution in [3.63, 3.8) is 0 Å². The van der Waals surface area contributed by atoms with Crippen LogP contribution in [0.3, 0.4) is 0 Å². The van der Waals surface area contributed by atoms with Crippen LogP contribution in [0.15, 0.2) is 36.4 Å². The topological polar surface area (TPSA) is 117 Å². The van der Waals surface area contributed by atoms with Crippen molar-refractivity contribution in [3.05, 3.63) is 58.9 Å². The number of imide groups is 1. The zero-order valence-electron chi connectivity index (χ0n) is 21.5. The molecule has 2 atom stereocenters. The summed E-state index contributed by atoms with van der Waals surface area (Å²) < 4.78 is 25.3. The molecule has 2 aromatic carbocycles. The molecule has 3 heterocycles. The van der Waals surface area contributed by atoms with E-state index in [2.05, 4.69) is 10.6 Å². The molecule has 1 saturated carbocycles. The molecule has 3 aliphatic heterocycles. The van der Waals surface area contributed by atoms with Crippen molar-refractivity contribution >= 4 is 29.6 Å². The van der Waals surface area contributed by atoms with Crippen molar-refractivity contribution in [2.45, 2.75) is 50.3 Å². The summed E-state index contributed by atoms with van der Waals surface area (Å²) in [7, 11) is 1.49. The van der Waals surface area contributed by atoms with Gasteiger partial charge in [-0.2, -0.15) is 0 Å². The van der Waals surface area contributed by atoms with E-state index < -0.39 is 30.2 Å². The maximum Gasteiger partial charge on any atom is 0.418 e. The Hall–Kier alpha value is -4.15. The third-order valence-corrected chi connectivity index (χ3v) is 8.08. The Morgan fingerprint density at radius 1 is 1.10 bits per heavy atom. The largest absolute Gasteiger partial charge is 0.493 e. The maximum absolute atomic E-state index is 13.9. The van der Waals surface area contributed by atoms with E-state index in [1.165, 1.54) is 19.2 Å². The van der Waals surface area contributed by atoms with Crippen molar-refractivity contribution in [2.75, 3.05) is 25.5 Å². The number of carbonyl (C=O) groups is 4. The lowest BCUT2D eigenvalue weighted by molar-refractivity contribution is -0.144. The van der Waals surface area contributed by atoms with Gasteiger partial charge in [0, 0.05) is 43.4 Å². The van der Waals surface area contributed by atoms with Gasteiger partial charge in [-0.3, -0.25) is 9.59 Å². The van der Waals surface area contributed by atoms with Crippen LogP contribution in [0.5, 0.6) is 5.75 Å². The van der Waals surface area contributed by atoms with E-state index in [9.17, 15) is 23.6 Å². The van der Waals surface area contributed by atoms with Gasteiger partial charge in [0.1, 0.15) is 18.1 Å². The maximum atomic E-state index is 13.9. The van der Waals surface area contributed by atoms with Gasteiger partial charge in [0.05, 0.1) is 6.61 Å². The van der Waals surface area contributed by atoms with Gasteiger partial charge in [0.15, 0.2) is 0 Å². The van der Waals surface area contributed by atoms with E-state index in [4.69, 9.17) is 9.47 Å². The number of benzene rings is 2. The minimum atomic E-state index is -1.60. The molecule has 11 heteroatoms. The van der Waals surface area contributed by atoms with Gasteiger partial charge in [-0.15, -0.1) is 0 Å². The summed E-state index contributed by atoms with van der Waals surface area (Å²) in [5.41, 5.74) is 0.970. The third-order valence-electron chi connectivity index (χ3n) is 8.08. The zero-order valence-corrected chi connectivity index (χ0v) is 21.5. The van der Waals surface area contributed by atoms with Crippen LogP contribution in [0.4, 0.5) is 19.7 Å². The standard InChI is InChI=1S/C28H29FN4O6/c1-30-26(36)31-20-7-8-21-23(13-20)38-11-10-28(21)25(35)33(27(37)39-28)15-24(34)32-14-18-4-6-19(29)12-17(18)5-9-22(32)16-2-3-16/h4,6-8,12-13,16,22H,2-3,5,9-11,14-15H2,1H3,(H2,30,31,36)/t22-,28-/m0/s1. The molecular weight excluding hydrogens is 507 g/mol. The molecule has 1 saturated heterocycles. The van der Waals surface area contributed by atoms with Gasteiger partial charge in [0.2, 0.25) is 11.5 Å². The molecule has 0 radical (unpaired) electrons. The van der Waals surface area contributed by atoms with E-state index in [0.717, 1.165) is 28.9 Å². The van der Waals surface area contributed by atoms with E-state index in [1.807, 2.05) is 0 Å². The summed E-state index contributed by atoms with van der Waals surface area (Å²) in [5, 5.41) is 5.10. The number of aryl methyl sites for hydroxylation is 1. The minimum absolute atomic E-state index is 0.0364. The van der Waals surface area contributed by atoms with Crippen molar-refractivity contribution in [1.82, 2.24) is 15.1 Å². The first kappa shape index (κ1) is 25.1. The van der Waals surface area contributed by atoms with Crippen LogP contribution in [-0.4, -0.2) is 60.0 Å². The molecule has 2 N–H and O–H groups in total. The molecule has 39 heavy (non-hydrogen) atoms. The van der Waals surface area contributed by atoms with Crippen molar-refractivity contribution in [3.8, 4) is 5.75 Å². The summed E-state index contributed by atoms with van der Waals surface area (Å²) in [6.45, 7) is -0.0260. The lowest BCUT2D eigenvalue weighted by Gasteiger charge is -2.33. The molecule has 0 bridgehead atoms. The highest BCUT2D eigenvalue weighted by molar-refractivity contribution is 6.06. The SMILES string of the molecule is CNC(=O)Nc1ccc2c(c1)OCC[C@]21OC(=O)N(CC(=O)N2Cc3ccc(F)cc3CC[C@H]2C2CC2)C1=O. The number of halogens is 1. The first-order valence-electron chi connectivity index (χ1n) is 13.2. The summed E-state index contributed by atoms with van der Waals surface area (Å²) >= 11 is 0. The minimum Gasteiger partial charge on any atom is -0.493 e. The number of nitrogens with one attached hydrogen (secondary N) is 2. The van der Waals surface area contributed by atoms with Gasteiger partial charge in [0.25, 0.3) is 5.91 Å². The number of fused-ring (bicyclic) bond motifs is 3. The van der Waals surface area contributed by atoms with Crippen LogP contribution >= 0.6 is 0 Å². The van der Waals surface area contributed by atoms with Crippen molar-refractivity contribution in [1.29, 1.82) is 0 Å². The molecule has 2 aromatic rings. The zero-order chi connectivity index (χ0) is 27.3. The number of hydrogen-bond acceptors (Lipinski definition) is 6. The fourth-order valence-corrected chi connectivity index (χ4v) is 5.91. The van der Waals surface area contributed by atoms with E-state index in [-0.39, 0.29) is 30.8 Å². The van der Waals surface area contributed by atoms with Crippen LogP contribution < -0.4 is 15.4 Å². The Kier molecular flexibility index (Phi) is 6.16. The lowest BCUT2D eigenvalue weighted by atomic mass is 9.87. The van der Waals surface area contributed by atoms with Crippen LogP contribution in [-0.2, 0) is 32.9 Å². The molecule has 10 nitrogen and oxygen atoms in total. The summed E-state index contributed by atoms with van der Waals surface area (Å²) in [6.07, 6.45) is 2.62. The monoisotopic (exact) mass is 536 g/mol. The molecule has 4 aliphatic rings. The normalized spacial score (nSPS) is 23.9. The predicted octanol–water partition coefficient (Wildman–Crippen LogP) is 3.29. The number of urea groups is 1. The molecular formula is C28H29FN4O6.